The Labute approximate surface area is 515 Å². The monoisotopic (exact) mass is 1200 g/mol. The first-order valence-corrected chi connectivity index (χ1v) is 34.0. The predicted octanol–water partition coefficient (Wildman–Crippen LogP) is 13.4. The van der Waals surface area contributed by atoms with Crippen LogP contribution in [0.1, 0.15) is 251 Å². The number of hydrogen-bond acceptors (Lipinski definition) is 13. The summed E-state index contributed by atoms with van der Waals surface area (Å²) in [7, 11) is 0. The van der Waals surface area contributed by atoms with E-state index >= 15 is 0 Å². The zero-order valence-corrected chi connectivity index (χ0v) is 53.1. The van der Waals surface area contributed by atoms with Gasteiger partial charge in [-0.3, -0.25) is 4.79 Å². The van der Waals surface area contributed by atoms with Crippen molar-refractivity contribution in [2.75, 3.05) is 19.8 Å². The van der Waals surface area contributed by atoms with Crippen molar-refractivity contribution >= 4 is 5.91 Å². The van der Waals surface area contributed by atoms with Crippen LogP contribution in [0.3, 0.4) is 0 Å². The van der Waals surface area contributed by atoms with Gasteiger partial charge >= 0.3 is 0 Å². The minimum absolute atomic E-state index is 0.238. The Balaban J connectivity index is 1.74. The van der Waals surface area contributed by atoms with E-state index in [-0.39, 0.29) is 18.9 Å². The lowest BCUT2D eigenvalue weighted by molar-refractivity contribution is -0.359. The van der Waals surface area contributed by atoms with E-state index < -0.39 is 86.8 Å². The number of nitrogens with one attached hydrogen (secondary N) is 1. The molecule has 85 heavy (non-hydrogen) atoms. The molecule has 0 spiro atoms. The third kappa shape index (κ3) is 39.5. The molecule has 2 fully saturated rings. The second-order valence-electron chi connectivity index (χ2n) is 23.6. The highest BCUT2D eigenvalue weighted by atomic mass is 16.7. The Morgan fingerprint density at radius 2 is 0.824 bits per heavy atom. The molecule has 2 aliphatic heterocycles. The topological polar surface area (TPSA) is 228 Å². The molecule has 0 aromatic rings. The third-order valence-corrected chi connectivity index (χ3v) is 16.0. The molecule has 2 heterocycles. The van der Waals surface area contributed by atoms with Crippen LogP contribution < -0.4 is 5.32 Å². The Bertz CT molecular complexity index is 1800. The molecule has 0 saturated carbocycles. The number of hydrogen-bond donors (Lipinski definition) is 9. The molecule has 1 amide bonds. The van der Waals surface area contributed by atoms with Crippen molar-refractivity contribution in [3.63, 3.8) is 0 Å². The van der Waals surface area contributed by atoms with Crippen LogP contribution in [0.2, 0.25) is 0 Å². The van der Waals surface area contributed by atoms with E-state index in [9.17, 15) is 45.6 Å². The van der Waals surface area contributed by atoms with E-state index in [4.69, 9.17) is 18.9 Å². The quantitative estimate of drug-likeness (QED) is 0.0204. The first kappa shape index (κ1) is 78.0. The molecular weight excluding hydrogens is 1070 g/mol. The maximum atomic E-state index is 13.3. The molecule has 0 aromatic carbocycles. The molecule has 9 N–H and O–H groups in total. The number of ether oxygens (including phenoxy) is 4. The minimum atomic E-state index is -1.80. The Hall–Kier alpha value is -3.09. The summed E-state index contributed by atoms with van der Waals surface area (Å²) in [5.74, 6) is -0.275. The molecule has 0 aliphatic carbocycles. The molecule has 0 aromatic heterocycles. The van der Waals surface area contributed by atoms with E-state index in [1.807, 2.05) is 6.08 Å². The first-order chi connectivity index (χ1) is 41.6. The van der Waals surface area contributed by atoms with Gasteiger partial charge < -0.3 is 65.1 Å². The number of carbonyl (C=O) groups excluding carboxylic acids is 1. The minimum Gasteiger partial charge on any atom is -0.394 e. The van der Waals surface area contributed by atoms with Crippen molar-refractivity contribution in [1.29, 1.82) is 0 Å². The van der Waals surface area contributed by atoms with Crippen molar-refractivity contribution in [2.24, 2.45) is 0 Å². The lowest BCUT2D eigenvalue weighted by atomic mass is 9.97. The van der Waals surface area contributed by atoms with Gasteiger partial charge in [0, 0.05) is 6.42 Å². The molecule has 0 bridgehead atoms. The average molecular weight is 1200 g/mol. The van der Waals surface area contributed by atoms with Gasteiger partial charge in [0.2, 0.25) is 5.91 Å². The highest BCUT2D eigenvalue weighted by Crippen LogP contribution is 2.30. The molecule has 12 atom stereocenters. The second kappa shape index (κ2) is 55.0. The van der Waals surface area contributed by atoms with E-state index in [1.165, 1.54) is 141 Å². The molecule has 2 saturated heterocycles. The van der Waals surface area contributed by atoms with Crippen LogP contribution in [-0.2, 0) is 23.7 Å². The fraction of sp³-hybridized carbons (Fsp3) is 0.761. The van der Waals surface area contributed by atoms with Gasteiger partial charge in [-0.1, -0.05) is 259 Å². The van der Waals surface area contributed by atoms with Crippen LogP contribution in [0.5, 0.6) is 0 Å². The summed E-state index contributed by atoms with van der Waals surface area (Å²) >= 11 is 0. The van der Waals surface area contributed by atoms with Crippen molar-refractivity contribution < 1.29 is 64.6 Å². The number of allylic oxidation sites excluding steroid dienone is 15. The summed E-state index contributed by atoms with van der Waals surface area (Å²) < 4.78 is 22.8. The van der Waals surface area contributed by atoms with Crippen molar-refractivity contribution in [3.8, 4) is 0 Å². The zero-order chi connectivity index (χ0) is 61.6. The van der Waals surface area contributed by atoms with Gasteiger partial charge in [0.1, 0.15) is 48.8 Å². The van der Waals surface area contributed by atoms with E-state index in [2.05, 4.69) is 104 Å². The lowest BCUT2D eigenvalue weighted by Gasteiger charge is -2.46. The molecule has 2 aliphatic rings. The predicted molar refractivity (Wildman–Crippen MR) is 346 cm³/mol. The van der Waals surface area contributed by atoms with Gasteiger partial charge in [-0.15, -0.1) is 0 Å². The number of carbonyl (C=O) groups is 1. The standard InChI is InChI=1S/C71H123NO13/c1-3-5-7-9-11-13-15-17-19-21-23-25-27-28-29-30-31-33-34-36-38-40-42-44-46-48-50-52-54-60(75)59(58-82-70-68(81)66(79)69(62(57-74)84-70)85-71-67(80)65(78)64(77)61(56-73)83-71)72-63(76)55-53-51-49-47-45-43-41-39-37-35-32-26-24-22-20-18-16-14-12-10-8-6-4-2/h6,8,12,14,18,20,24,26,35,37,41,43-44,46,52,54,59-62,64-71,73-75,77-81H,3-5,7,9-11,13,15-17,19,21-23,25,27-34,36,38-40,42,45,47-51,53,55-58H2,1-2H3,(H,72,76)/b8-6-,14-12-,20-18-,26-24-,37-35-,43-41-,46-44+,54-52+. The van der Waals surface area contributed by atoms with Gasteiger partial charge in [-0.25, -0.2) is 0 Å². The van der Waals surface area contributed by atoms with E-state index in [0.717, 1.165) is 77.0 Å². The van der Waals surface area contributed by atoms with Crippen molar-refractivity contribution in [3.05, 3.63) is 97.2 Å². The Morgan fingerprint density at radius 1 is 0.435 bits per heavy atom. The highest BCUT2D eigenvalue weighted by Gasteiger charge is 2.51. The van der Waals surface area contributed by atoms with Crippen LogP contribution in [0.15, 0.2) is 97.2 Å². The second-order valence-corrected chi connectivity index (χ2v) is 23.6. The molecular formula is C71H123NO13. The van der Waals surface area contributed by atoms with Crippen molar-refractivity contribution in [2.45, 2.75) is 325 Å². The third-order valence-electron chi connectivity index (χ3n) is 16.0. The van der Waals surface area contributed by atoms with Crippen LogP contribution >= 0.6 is 0 Å². The Kier molecular flexibility index (Phi) is 50.5. The van der Waals surface area contributed by atoms with Gasteiger partial charge in [-0.05, 0) is 83.5 Å². The normalized spacial score (nSPS) is 24.2. The molecule has 0 radical (unpaired) electrons. The molecule has 490 valence electrons. The number of aliphatic hydroxyl groups excluding tert-OH is 8. The molecule has 14 nitrogen and oxygen atoms in total. The number of aliphatic hydroxyl groups is 8. The van der Waals surface area contributed by atoms with Gasteiger partial charge in [0.25, 0.3) is 0 Å². The fourth-order valence-corrected chi connectivity index (χ4v) is 10.6. The van der Waals surface area contributed by atoms with Crippen LogP contribution in [0.4, 0.5) is 0 Å². The van der Waals surface area contributed by atoms with Crippen LogP contribution in [0, 0.1) is 0 Å². The number of unbranched alkanes of at least 4 members (excludes halogenated alkanes) is 27. The average Bonchev–Trinajstić information content (AvgIpc) is 3.68. The largest absolute Gasteiger partial charge is 0.394 e. The number of amides is 1. The molecule has 2 rings (SSSR count). The summed E-state index contributed by atoms with van der Waals surface area (Å²) in [6.45, 7) is 2.66. The van der Waals surface area contributed by atoms with Crippen LogP contribution in [0.25, 0.3) is 0 Å². The van der Waals surface area contributed by atoms with E-state index in [0.29, 0.717) is 12.8 Å². The molecule has 14 heteroatoms. The van der Waals surface area contributed by atoms with Gasteiger partial charge in [0.05, 0.1) is 32.0 Å². The van der Waals surface area contributed by atoms with E-state index in [1.54, 1.807) is 6.08 Å². The highest BCUT2D eigenvalue weighted by molar-refractivity contribution is 5.76. The zero-order valence-electron chi connectivity index (χ0n) is 53.1. The fourth-order valence-electron chi connectivity index (χ4n) is 10.6. The maximum absolute atomic E-state index is 13.3. The number of rotatable bonds is 54. The summed E-state index contributed by atoms with van der Waals surface area (Å²) in [5.41, 5.74) is 0. The summed E-state index contributed by atoms with van der Waals surface area (Å²) in [6.07, 6.45) is 60.3. The first-order valence-electron chi connectivity index (χ1n) is 34.0. The smallest absolute Gasteiger partial charge is 0.220 e. The summed E-state index contributed by atoms with van der Waals surface area (Å²) in [4.78, 5) is 13.3. The summed E-state index contributed by atoms with van der Waals surface area (Å²) in [5, 5.41) is 87.3. The van der Waals surface area contributed by atoms with Crippen molar-refractivity contribution in [1.82, 2.24) is 5.32 Å². The molecule has 12 unspecified atom stereocenters. The van der Waals surface area contributed by atoms with Gasteiger partial charge in [-0.2, -0.15) is 0 Å². The Morgan fingerprint density at radius 3 is 1.29 bits per heavy atom. The maximum Gasteiger partial charge on any atom is 0.220 e. The van der Waals surface area contributed by atoms with Gasteiger partial charge in [0.15, 0.2) is 12.6 Å². The van der Waals surface area contributed by atoms with Crippen LogP contribution in [-0.4, -0.2) is 140 Å². The SMILES string of the molecule is CC/C=C\C/C=C\C/C=C\C/C=C\C/C=C\C/C=C\CCCCCCC(=O)NC(COC1OC(CO)C(OC2OC(CO)C(O)C(O)C2O)C(O)C1O)C(O)/C=C/CC/C=C/CCCCCCCCCCCCCCCCCCCCCCCC. The summed E-state index contributed by atoms with van der Waals surface area (Å²) in [6, 6.07) is -0.954. The lowest BCUT2D eigenvalue weighted by Crippen LogP contribution is -2.65.